The Morgan fingerprint density at radius 1 is 1.07 bits per heavy atom. The molecule has 0 aromatic heterocycles. The van der Waals surface area contributed by atoms with Crippen LogP contribution in [-0.4, -0.2) is 34.0 Å². The molecular formula is C19H23BrN2O4S. The number of sulfonamides is 1. The highest BCUT2D eigenvalue weighted by molar-refractivity contribution is 9.10. The second kappa shape index (κ2) is 9.87. The van der Waals surface area contributed by atoms with Gasteiger partial charge < -0.3 is 10.1 Å². The molecule has 2 rings (SSSR count). The number of hydrogen-bond donors (Lipinski definition) is 2. The van der Waals surface area contributed by atoms with Gasteiger partial charge in [-0.05, 0) is 55.3 Å². The van der Waals surface area contributed by atoms with E-state index in [1.165, 1.54) is 12.1 Å². The molecule has 0 bridgehead atoms. The van der Waals surface area contributed by atoms with Crippen molar-refractivity contribution in [2.45, 2.75) is 25.2 Å². The fourth-order valence-corrected chi connectivity index (χ4v) is 4.11. The molecule has 0 unspecified atom stereocenters. The van der Waals surface area contributed by atoms with Crippen LogP contribution in [-0.2, 0) is 14.8 Å². The van der Waals surface area contributed by atoms with E-state index in [9.17, 15) is 13.2 Å². The number of nitrogens with one attached hydrogen (secondary N) is 2. The summed E-state index contributed by atoms with van der Waals surface area (Å²) >= 11 is 3.24. The minimum absolute atomic E-state index is 0.0264. The van der Waals surface area contributed by atoms with Crippen molar-refractivity contribution in [2.24, 2.45) is 0 Å². The average molecular weight is 455 g/mol. The smallest absolute Gasteiger partial charge is 0.240 e. The van der Waals surface area contributed by atoms with Gasteiger partial charge in [0.1, 0.15) is 12.4 Å². The molecule has 2 N–H and O–H groups in total. The van der Waals surface area contributed by atoms with Gasteiger partial charge in [-0.15, -0.1) is 0 Å². The van der Waals surface area contributed by atoms with Gasteiger partial charge in [0.05, 0.1) is 11.4 Å². The van der Waals surface area contributed by atoms with Crippen LogP contribution in [0.1, 0.15) is 17.5 Å². The largest absolute Gasteiger partial charge is 0.492 e. The Kier molecular flexibility index (Phi) is 7.82. The molecule has 0 fully saturated rings. The Labute approximate surface area is 168 Å². The van der Waals surface area contributed by atoms with E-state index >= 15 is 0 Å². The van der Waals surface area contributed by atoms with Crippen LogP contribution in [0.15, 0.2) is 51.8 Å². The summed E-state index contributed by atoms with van der Waals surface area (Å²) < 4.78 is 33.0. The van der Waals surface area contributed by atoms with Crippen molar-refractivity contribution >= 4 is 31.9 Å². The van der Waals surface area contributed by atoms with Crippen molar-refractivity contribution in [2.75, 3.05) is 19.7 Å². The van der Waals surface area contributed by atoms with Crippen molar-refractivity contribution < 1.29 is 17.9 Å². The number of amides is 1. The molecule has 2 aromatic rings. The first-order chi connectivity index (χ1) is 12.8. The summed E-state index contributed by atoms with van der Waals surface area (Å²) in [6.45, 7) is 4.72. The molecule has 6 nitrogen and oxygen atoms in total. The van der Waals surface area contributed by atoms with Crippen molar-refractivity contribution in [3.63, 3.8) is 0 Å². The van der Waals surface area contributed by atoms with Crippen molar-refractivity contribution in [3.8, 4) is 5.75 Å². The monoisotopic (exact) mass is 454 g/mol. The molecular weight excluding hydrogens is 432 g/mol. The molecule has 146 valence electrons. The van der Waals surface area contributed by atoms with Crippen LogP contribution in [0.3, 0.4) is 0 Å². The predicted molar refractivity (Wildman–Crippen MR) is 108 cm³/mol. The second-order valence-electron chi connectivity index (χ2n) is 6.13. The van der Waals surface area contributed by atoms with Gasteiger partial charge in [-0.3, -0.25) is 4.79 Å². The molecule has 0 aliphatic carbocycles. The highest BCUT2D eigenvalue weighted by Gasteiger charge is 2.14. The van der Waals surface area contributed by atoms with Crippen LogP contribution in [0, 0.1) is 13.8 Å². The summed E-state index contributed by atoms with van der Waals surface area (Å²) in [5, 5.41) is 2.71. The Morgan fingerprint density at radius 3 is 2.44 bits per heavy atom. The second-order valence-corrected chi connectivity index (χ2v) is 8.81. The van der Waals surface area contributed by atoms with E-state index in [-0.39, 0.29) is 23.8 Å². The van der Waals surface area contributed by atoms with E-state index in [2.05, 4.69) is 32.0 Å². The molecule has 0 atom stereocenters. The molecule has 1 amide bonds. The van der Waals surface area contributed by atoms with E-state index in [0.717, 1.165) is 16.9 Å². The van der Waals surface area contributed by atoms with Gasteiger partial charge in [0, 0.05) is 17.4 Å². The SMILES string of the molecule is Cc1cc(C)cc(OCCNC(=O)CCNS(=O)(=O)c2cccc(Br)c2)c1. The zero-order valence-electron chi connectivity index (χ0n) is 15.3. The number of aryl methyl sites for hydroxylation is 2. The normalized spacial score (nSPS) is 11.2. The number of rotatable bonds is 9. The summed E-state index contributed by atoms with van der Waals surface area (Å²) in [4.78, 5) is 12.0. The number of carbonyl (C=O) groups excluding carboxylic acids is 1. The number of carbonyl (C=O) groups is 1. The predicted octanol–water partition coefficient (Wildman–Crippen LogP) is 2.93. The molecule has 0 spiro atoms. The maximum absolute atomic E-state index is 12.2. The first-order valence-corrected chi connectivity index (χ1v) is 10.8. The summed E-state index contributed by atoms with van der Waals surface area (Å²) in [5.74, 6) is 0.527. The van der Waals surface area contributed by atoms with Gasteiger partial charge in [0.25, 0.3) is 0 Å². The van der Waals surface area contributed by atoms with Gasteiger partial charge in [-0.25, -0.2) is 13.1 Å². The molecule has 0 aliphatic heterocycles. The lowest BCUT2D eigenvalue weighted by atomic mass is 10.1. The van der Waals surface area contributed by atoms with Crippen LogP contribution in [0.2, 0.25) is 0 Å². The van der Waals surface area contributed by atoms with Crippen LogP contribution in [0.25, 0.3) is 0 Å². The van der Waals surface area contributed by atoms with E-state index in [1.54, 1.807) is 12.1 Å². The molecule has 0 saturated heterocycles. The third-order valence-electron chi connectivity index (χ3n) is 3.64. The van der Waals surface area contributed by atoms with Crippen LogP contribution in [0.5, 0.6) is 5.75 Å². The Morgan fingerprint density at radius 2 is 1.78 bits per heavy atom. The fourth-order valence-electron chi connectivity index (χ4n) is 2.48. The van der Waals surface area contributed by atoms with Gasteiger partial charge in [0.15, 0.2) is 0 Å². The summed E-state index contributed by atoms with van der Waals surface area (Å²) in [6.07, 6.45) is 0.0524. The molecule has 0 radical (unpaired) electrons. The molecule has 8 heteroatoms. The van der Waals surface area contributed by atoms with Gasteiger partial charge in [-0.1, -0.05) is 28.1 Å². The molecule has 0 aliphatic rings. The Hall–Kier alpha value is -1.90. The van der Waals surface area contributed by atoms with E-state index in [0.29, 0.717) is 17.6 Å². The van der Waals surface area contributed by atoms with Crippen molar-refractivity contribution in [3.05, 3.63) is 58.1 Å². The number of ether oxygens (including phenoxy) is 1. The molecule has 27 heavy (non-hydrogen) atoms. The highest BCUT2D eigenvalue weighted by atomic mass is 79.9. The lowest BCUT2D eigenvalue weighted by Gasteiger charge is -2.10. The maximum Gasteiger partial charge on any atom is 0.240 e. The van der Waals surface area contributed by atoms with Crippen LogP contribution >= 0.6 is 15.9 Å². The first-order valence-electron chi connectivity index (χ1n) is 8.49. The maximum atomic E-state index is 12.2. The molecule has 2 aromatic carbocycles. The summed E-state index contributed by atoms with van der Waals surface area (Å²) in [6, 6.07) is 12.3. The third-order valence-corrected chi connectivity index (χ3v) is 5.59. The standard InChI is InChI=1S/C19H23BrN2O4S/c1-14-10-15(2)12-17(11-14)26-9-8-21-19(23)6-7-22-27(24,25)18-5-3-4-16(20)13-18/h3-5,10-13,22H,6-9H2,1-2H3,(H,21,23). The highest BCUT2D eigenvalue weighted by Crippen LogP contribution is 2.16. The van der Waals surface area contributed by atoms with E-state index in [4.69, 9.17) is 4.74 Å². The Bertz CT molecular complexity index is 880. The van der Waals surface area contributed by atoms with E-state index in [1.807, 2.05) is 26.0 Å². The van der Waals surface area contributed by atoms with Crippen molar-refractivity contribution in [1.29, 1.82) is 0 Å². The van der Waals surface area contributed by atoms with Gasteiger partial charge >= 0.3 is 0 Å². The summed E-state index contributed by atoms with van der Waals surface area (Å²) in [5.41, 5.74) is 2.23. The summed E-state index contributed by atoms with van der Waals surface area (Å²) in [7, 11) is -3.63. The topological polar surface area (TPSA) is 84.5 Å². The fraction of sp³-hybridized carbons (Fsp3) is 0.316. The Balaban J connectivity index is 1.69. The zero-order valence-corrected chi connectivity index (χ0v) is 17.7. The van der Waals surface area contributed by atoms with Crippen LogP contribution in [0.4, 0.5) is 0 Å². The third kappa shape index (κ3) is 7.32. The minimum Gasteiger partial charge on any atom is -0.492 e. The molecule has 0 heterocycles. The van der Waals surface area contributed by atoms with Crippen molar-refractivity contribution in [1.82, 2.24) is 10.0 Å². The van der Waals surface area contributed by atoms with Gasteiger partial charge in [0.2, 0.25) is 15.9 Å². The number of halogens is 1. The first kappa shape index (κ1) is 21.4. The molecule has 0 saturated carbocycles. The average Bonchev–Trinajstić information content (AvgIpc) is 2.58. The van der Waals surface area contributed by atoms with Gasteiger partial charge in [-0.2, -0.15) is 0 Å². The minimum atomic E-state index is -3.63. The van der Waals surface area contributed by atoms with E-state index < -0.39 is 10.0 Å². The van der Waals surface area contributed by atoms with Crippen LogP contribution < -0.4 is 14.8 Å². The quantitative estimate of drug-likeness (QED) is 0.570. The lowest BCUT2D eigenvalue weighted by molar-refractivity contribution is -0.121. The zero-order chi connectivity index (χ0) is 19.9. The number of hydrogen-bond acceptors (Lipinski definition) is 4. The lowest BCUT2D eigenvalue weighted by Crippen LogP contribution is -2.32. The number of benzene rings is 2.